The smallest absolute Gasteiger partial charge is 0.258 e. The van der Waals surface area contributed by atoms with Gasteiger partial charge in [-0.25, -0.2) is 12.8 Å². The molecule has 0 spiro atoms. The van der Waals surface area contributed by atoms with Gasteiger partial charge in [-0.05, 0) is 43.2 Å². The van der Waals surface area contributed by atoms with Gasteiger partial charge in [-0.2, -0.15) is 0 Å². The van der Waals surface area contributed by atoms with Gasteiger partial charge in [0.25, 0.3) is 5.91 Å². The van der Waals surface area contributed by atoms with Crippen molar-refractivity contribution in [1.82, 2.24) is 0 Å². The summed E-state index contributed by atoms with van der Waals surface area (Å²) >= 11 is 0. The van der Waals surface area contributed by atoms with Gasteiger partial charge >= 0.3 is 0 Å². The van der Waals surface area contributed by atoms with Crippen molar-refractivity contribution >= 4 is 21.4 Å². The minimum absolute atomic E-state index is 0.0934. The molecule has 0 saturated heterocycles. The predicted molar refractivity (Wildman–Crippen MR) is 98.9 cm³/mol. The molecule has 0 heterocycles. The van der Waals surface area contributed by atoms with E-state index in [0.29, 0.717) is 12.8 Å². The largest absolute Gasteiger partial charge is 0.495 e. The van der Waals surface area contributed by atoms with E-state index in [1.165, 1.54) is 43.5 Å². The van der Waals surface area contributed by atoms with Crippen molar-refractivity contribution in [2.45, 2.75) is 36.8 Å². The van der Waals surface area contributed by atoms with Crippen molar-refractivity contribution in [3.05, 3.63) is 53.8 Å². The summed E-state index contributed by atoms with van der Waals surface area (Å²) in [4.78, 5) is 12.4. The van der Waals surface area contributed by atoms with Crippen LogP contribution in [-0.2, 0) is 9.84 Å². The van der Waals surface area contributed by atoms with E-state index in [9.17, 15) is 17.6 Å². The molecule has 0 aromatic heterocycles. The monoisotopic (exact) mass is 379 g/mol. The Hall–Kier alpha value is -2.41. The first-order chi connectivity index (χ1) is 12.3. The van der Waals surface area contributed by atoms with E-state index in [1.54, 1.807) is 6.07 Å². The summed E-state index contributed by atoms with van der Waals surface area (Å²) < 4.78 is 44.5. The Labute approximate surface area is 153 Å². The number of benzene rings is 2. The van der Waals surface area contributed by atoms with E-state index in [2.05, 4.69) is 5.32 Å². The van der Waals surface area contributed by atoms with Crippen LogP contribution in [0.1, 0.15) is 37.0 Å². The van der Waals surface area contributed by atoms with Gasteiger partial charge in [0.2, 0.25) is 0 Å². The van der Waals surface area contributed by atoms with Crippen LogP contribution in [-0.4, -0.2) is 26.7 Å². The zero-order chi connectivity index (χ0) is 19.3. The van der Waals surface area contributed by atoms with Gasteiger partial charge in [0.05, 0.1) is 28.5 Å². The fourth-order valence-electron chi connectivity index (χ4n) is 2.72. The highest BCUT2D eigenvalue weighted by molar-refractivity contribution is 7.92. The van der Waals surface area contributed by atoms with E-state index < -0.39 is 26.8 Å². The molecule has 2 aromatic rings. The highest BCUT2D eigenvalue weighted by Gasteiger charge is 2.25. The summed E-state index contributed by atoms with van der Waals surface area (Å²) in [5.74, 6) is -1.05. The number of methoxy groups -OCH3 is 1. The van der Waals surface area contributed by atoms with E-state index in [1.807, 2.05) is 13.8 Å². The number of amides is 1. The molecule has 2 rings (SSSR count). The van der Waals surface area contributed by atoms with Crippen LogP contribution in [0.4, 0.5) is 10.1 Å². The van der Waals surface area contributed by atoms with Crippen LogP contribution in [0.5, 0.6) is 5.75 Å². The molecule has 0 radical (unpaired) electrons. The standard InChI is InChI=1S/C19H22FNO4S/c1-4-13(5-2)26(23,24)14-10-11-18(25-3)17(12-14)21-19(22)15-8-6-7-9-16(15)20/h6-13H,4-5H2,1-3H3,(H,21,22). The van der Waals surface area contributed by atoms with Crippen molar-refractivity contribution in [3.8, 4) is 5.75 Å². The Bertz CT molecular complexity index is 892. The fourth-order valence-corrected chi connectivity index (χ4v) is 4.52. The quantitative estimate of drug-likeness (QED) is 0.788. The SMILES string of the molecule is CCC(CC)S(=O)(=O)c1ccc(OC)c(NC(=O)c2ccccc2F)c1. The number of rotatable bonds is 7. The zero-order valence-electron chi connectivity index (χ0n) is 15.0. The molecule has 0 aliphatic rings. The number of hydrogen-bond donors (Lipinski definition) is 1. The van der Waals surface area contributed by atoms with Gasteiger partial charge in [0.15, 0.2) is 9.84 Å². The van der Waals surface area contributed by atoms with E-state index in [4.69, 9.17) is 4.74 Å². The summed E-state index contributed by atoms with van der Waals surface area (Å²) in [6.07, 6.45) is 0.976. The molecule has 0 saturated carbocycles. The number of halogens is 1. The van der Waals surface area contributed by atoms with Crippen LogP contribution >= 0.6 is 0 Å². The first-order valence-corrected chi connectivity index (χ1v) is 9.87. The minimum Gasteiger partial charge on any atom is -0.495 e. The first kappa shape index (κ1) is 19.9. The molecule has 0 aliphatic heterocycles. The molecule has 1 amide bonds. The molecule has 140 valence electrons. The number of carbonyl (C=O) groups is 1. The molecule has 0 atom stereocenters. The van der Waals surface area contributed by atoms with Crippen molar-refractivity contribution in [1.29, 1.82) is 0 Å². The number of carbonyl (C=O) groups excluding carboxylic acids is 1. The van der Waals surface area contributed by atoms with Crippen molar-refractivity contribution in [2.24, 2.45) is 0 Å². The Balaban J connectivity index is 2.42. The second kappa shape index (κ2) is 8.31. The van der Waals surface area contributed by atoms with Crippen LogP contribution in [0.25, 0.3) is 0 Å². The first-order valence-electron chi connectivity index (χ1n) is 8.32. The third kappa shape index (κ3) is 4.04. The lowest BCUT2D eigenvalue weighted by atomic mass is 10.2. The van der Waals surface area contributed by atoms with E-state index in [-0.39, 0.29) is 21.9 Å². The second-order valence-electron chi connectivity index (χ2n) is 5.78. The normalized spacial score (nSPS) is 11.4. The maximum absolute atomic E-state index is 13.8. The van der Waals surface area contributed by atoms with Crippen LogP contribution in [0, 0.1) is 5.82 Å². The highest BCUT2D eigenvalue weighted by Crippen LogP contribution is 2.30. The second-order valence-corrected chi connectivity index (χ2v) is 8.01. The van der Waals surface area contributed by atoms with Crippen LogP contribution < -0.4 is 10.1 Å². The Morgan fingerprint density at radius 2 is 1.81 bits per heavy atom. The molecular weight excluding hydrogens is 357 g/mol. The molecule has 26 heavy (non-hydrogen) atoms. The Kier molecular flexibility index (Phi) is 6.37. The summed E-state index contributed by atoms with van der Waals surface area (Å²) in [6, 6.07) is 9.84. The molecule has 7 heteroatoms. The number of anilines is 1. The Morgan fingerprint density at radius 1 is 1.15 bits per heavy atom. The topological polar surface area (TPSA) is 72.5 Å². The zero-order valence-corrected chi connectivity index (χ0v) is 15.8. The summed E-state index contributed by atoms with van der Waals surface area (Å²) in [5, 5.41) is 2.03. The maximum atomic E-state index is 13.8. The third-order valence-electron chi connectivity index (χ3n) is 4.22. The predicted octanol–water partition coefficient (Wildman–Crippen LogP) is 4.05. The molecule has 0 bridgehead atoms. The number of sulfone groups is 1. The van der Waals surface area contributed by atoms with Gasteiger partial charge in [-0.3, -0.25) is 4.79 Å². The number of ether oxygens (including phenoxy) is 1. The fraction of sp³-hybridized carbons (Fsp3) is 0.316. The average molecular weight is 379 g/mol. The highest BCUT2D eigenvalue weighted by atomic mass is 32.2. The molecule has 5 nitrogen and oxygen atoms in total. The van der Waals surface area contributed by atoms with Gasteiger partial charge in [0.1, 0.15) is 11.6 Å². The van der Waals surface area contributed by atoms with E-state index in [0.717, 1.165) is 0 Å². The number of hydrogen-bond acceptors (Lipinski definition) is 4. The van der Waals surface area contributed by atoms with E-state index >= 15 is 0 Å². The molecule has 0 unspecified atom stereocenters. The van der Waals surface area contributed by atoms with Crippen LogP contribution in [0.2, 0.25) is 0 Å². The molecule has 0 aliphatic carbocycles. The van der Waals surface area contributed by atoms with Gasteiger partial charge < -0.3 is 10.1 Å². The van der Waals surface area contributed by atoms with Crippen LogP contribution in [0.15, 0.2) is 47.4 Å². The number of nitrogens with one attached hydrogen (secondary N) is 1. The molecule has 2 aromatic carbocycles. The average Bonchev–Trinajstić information content (AvgIpc) is 2.62. The maximum Gasteiger partial charge on any atom is 0.258 e. The molecule has 0 fully saturated rings. The minimum atomic E-state index is -3.54. The van der Waals surface area contributed by atoms with Gasteiger partial charge in [-0.15, -0.1) is 0 Å². The van der Waals surface area contributed by atoms with Crippen molar-refractivity contribution in [3.63, 3.8) is 0 Å². The lowest BCUT2D eigenvalue weighted by Crippen LogP contribution is -2.20. The summed E-state index contributed by atoms with van der Waals surface area (Å²) in [5.41, 5.74) is 0.0376. The summed E-state index contributed by atoms with van der Waals surface area (Å²) in [7, 11) is -2.13. The summed E-state index contributed by atoms with van der Waals surface area (Å²) in [6.45, 7) is 3.63. The Morgan fingerprint density at radius 3 is 2.38 bits per heavy atom. The van der Waals surface area contributed by atoms with Gasteiger partial charge in [-0.1, -0.05) is 26.0 Å². The van der Waals surface area contributed by atoms with Crippen molar-refractivity contribution in [2.75, 3.05) is 12.4 Å². The van der Waals surface area contributed by atoms with Crippen LogP contribution in [0.3, 0.4) is 0 Å². The third-order valence-corrected chi connectivity index (χ3v) is 6.67. The van der Waals surface area contributed by atoms with Gasteiger partial charge in [0, 0.05) is 0 Å². The molecular formula is C19H22FNO4S. The lowest BCUT2D eigenvalue weighted by Gasteiger charge is -2.16. The molecule has 1 N–H and O–H groups in total. The van der Waals surface area contributed by atoms with Crippen molar-refractivity contribution < 1.29 is 22.3 Å². The lowest BCUT2D eigenvalue weighted by molar-refractivity contribution is 0.102.